The van der Waals surface area contributed by atoms with E-state index in [2.05, 4.69) is 29.3 Å². The number of rotatable bonds is 7. The molecule has 1 heterocycles. The Kier molecular flexibility index (Phi) is 6.85. The fraction of sp³-hybridized carbons (Fsp3) is 0.409. The third kappa shape index (κ3) is 5.55. The van der Waals surface area contributed by atoms with Crippen LogP contribution in [-0.4, -0.2) is 50.3 Å². The molecule has 1 aliphatic heterocycles. The number of carbonyl (C=O) groups excluding carboxylic acids is 1. The van der Waals surface area contributed by atoms with Crippen LogP contribution in [0.3, 0.4) is 0 Å². The maximum atomic E-state index is 12.3. The molecule has 0 aromatic heterocycles. The standard InChI is InChI=1S/C22H28N2O3/c1-17-8-9-20(14-18(17)2)27-16-22(25)23-15-21(19-6-4-3-5-7-19)24-10-12-26-13-11-24/h3-9,14,21H,10-13,15-16H2,1-2H3,(H,23,25). The molecule has 1 unspecified atom stereocenters. The lowest BCUT2D eigenvalue weighted by atomic mass is 10.0. The second-order valence-electron chi connectivity index (χ2n) is 6.91. The van der Waals surface area contributed by atoms with E-state index in [0.717, 1.165) is 37.6 Å². The first-order chi connectivity index (χ1) is 13.1. The Balaban J connectivity index is 1.55. The minimum Gasteiger partial charge on any atom is -0.484 e. The van der Waals surface area contributed by atoms with Crippen LogP contribution in [0.25, 0.3) is 0 Å². The van der Waals surface area contributed by atoms with Crippen molar-refractivity contribution in [2.45, 2.75) is 19.9 Å². The number of ether oxygens (including phenoxy) is 2. The fourth-order valence-electron chi connectivity index (χ4n) is 3.24. The number of aryl methyl sites for hydroxylation is 2. The van der Waals surface area contributed by atoms with Crippen molar-refractivity contribution in [3.63, 3.8) is 0 Å². The summed E-state index contributed by atoms with van der Waals surface area (Å²) >= 11 is 0. The van der Waals surface area contributed by atoms with Crippen LogP contribution in [0, 0.1) is 13.8 Å². The van der Waals surface area contributed by atoms with Crippen LogP contribution in [-0.2, 0) is 9.53 Å². The van der Waals surface area contributed by atoms with Crippen molar-refractivity contribution in [2.24, 2.45) is 0 Å². The predicted molar refractivity (Wildman–Crippen MR) is 106 cm³/mol. The molecule has 1 saturated heterocycles. The zero-order valence-corrected chi connectivity index (χ0v) is 16.1. The lowest BCUT2D eigenvalue weighted by molar-refractivity contribution is -0.123. The number of hydrogen-bond acceptors (Lipinski definition) is 4. The zero-order chi connectivity index (χ0) is 19.1. The molecular weight excluding hydrogens is 340 g/mol. The van der Waals surface area contributed by atoms with Gasteiger partial charge in [-0.05, 0) is 42.7 Å². The van der Waals surface area contributed by atoms with Crippen molar-refractivity contribution < 1.29 is 14.3 Å². The molecule has 3 rings (SSSR count). The monoisotopic (exact) mass is 368 g/mol. The highest BCUT2D eigenvalue weighted by atomic mass is 16.5. The van der Waals surface area contributed by atoms with Gasteiger partial charge >= 0.3 is 0 Å². The van der Waals surface area contributed by atoms with Crippen molar-refractivity contribution in [3.05, 3.63) is 65.2 Å². The van der Waals surface area contributed by atoms with Crippen LogP contribution in [0.15, 0.2) is 48.5 Å². The summed E-state index contributed by atoms with van der Waals surface area (Å²) in [5, 5.41) is 3.03. The fourth-order valence-corrected chi connectivity index (χ4v) is 3.24. The number of nitrogens with zero attached hydrogens (tertiary/aromatic N) is 1. The normalized spacial score (nSPS) is 15.9. The predicted octanol–water partition coefficient (Wildman–Crippen LogP) is 2.87. The molecule has 0 saturated carbocycles. The van der Waals surface area contributed by atoms with Gasteiger partial charge in [-0.3, -0.25) is 9.69 Å². The summed E-state index contributed by atoms with van der Waals surface area (Å²) in [7, 11) is 0. The van der Waals surface area contributed by atoms with Crippen molar-refractivity contribution in [3.8, 4) is 5.75 Å². The van der Waals surface area contributed by atoms with Crippen molar-refractivity contribution in [1.82, 2.24) is 10.2 Å². The van der Waals surface area contributed by atoms with Gasteiger partial charge < -0.3 is 14.8 Å². The molecule has 0 aliphatic carbocycles. The lowest BCUT2D eigenvalue weighted by Gasteiger charge is -2.34. The van der Waals surface area contributed by atoms with E-state index < -0.39 is 0 Å². The van der Waals surface area contributed by atoms with Crippen LogP contribution in [0.5, 0.6) is 5.75 Å². The molecule has 27 heavy (non-hydrogen) atoms. The average molecular weight is 368 g/mol. The van der Waals surface area contributed by atoms with Gasteiger partial charge in [-0.2, -0.15) is 0 Å². The van der Waals surface area contributed by atoms with Crippen molar-refractivity contribution >= 4 is 5.91 Å². The molecule has 1 N–H and O–H groups in total. The van der Waals surface area contributed by atoms with Gasteiger partial charge in [0.05, 0.1) is 19.3 Å². The summed E-state index contributed by atoms with van der Waals surface area (Å²) in [5.41, 5.74) is 3.57. The van der Waals surface area contributed by atoms with E-state index in [-0.39, 0.29) is 18.6 Å². The van der Waals surface area contributed by atoms with E-state index in [4.69, 9.17) is 9.47 Å². The van der Waals surface area contributed by atoms with E-state index in [1.165, 1.54) is 11.1 Å². The van der Waals surface area contributed by atoms with Crippen molar-refractivity contribution in [1.29, 1.82) is 0 Å². The molecule has 0 spiro atoms. The first-order valence-electron chi connectivity index (χ1n) is 9.47. The number of hydrogen-bond donors (Lipinski definition) is 1. The molecule has 1 aliphatic rings. The highest BCUT2D eigenvalue weighted by Gasteiger charge is 2.23. The Morgan fingerprint density at radius 2 is 1.85 bits per heavy atom. The first-order valence-corrected chi connectivity index (χ1v) is 9.47. The molecular formula is C22H28N2O3. The molecule has 1 atom stereocenters. The number of benzene rings is 2. The largest absolute Gasteiger partial charge is 0.484 e. The van der Waals surface area contributed by atoms with Gasteiger partial charge in [0.15, 0.2) is 6.61 Å². The van der Waals surface area contributed by atoms with Crippen LogP contribution in [0.1, 0.15) is 22.7 Å². The molecule has 5 heteroatoms. The highest BCUT2D eigenvalue weighted by Crippen LogP contribution is 2.21. The van der Waals surface area contributed by atoms with Crippen molar-refractivity contribution in [2.75, 3.05) is 39.5 Å². The Labute approximate surface area is 161 Å². The molecule has 0 radical (unpaired) electrons. The average Bonchev–Trinajstić information content (AvgIpc) is 2.71. The Morgan fingerprint density at radius 1 is 1.11 bits per heavy atom. The van der Waals surface area contributed by atoms with E-state index in [1.807, 2.05) is 43.3 Å². The highest BCUT2D eigenvalue weighted by molar-refractivity contribution is 5.77. The second-order valence-corrected chi connectivity index (χ2v) is 6.91. The smallest absolute Gasteiger partial charge is 0.258 e. The minimum atomic E-state index is -0.109. The molecule has 0 bridgehead atoms. The van der Waals surface area contributed by atoms with Crippen LogP contribution in [0.4, 0.5) is 0 Å². The number of nitrogens with one attached hydrogen (secondary N) is 1. The Hall–Kier alpha value is -2.37. The summed E-state index contributed by atoms with van der Waals surface area (Å²) in [6.45, 7) is 7.87. The Morgan fingerprint density at radius 3 is 2.56 bits per heavy atom. The SMILES string of the molecule is Cc1ccc(OCC(=O)NCC(c2ccccc2)N2CCOCC2)cc1C. The molecule has 1 fully saturated rings. The van der Waals surface area contributed by atoms with Crippen LogP contribution < -0.4 is 10.1 Å². The van der Waals surface area contributed by atoms with Gasteiger partial charge in [-0.25, -0.2) is 0 Å². The molecule has 1 amide bonds. The van der Waals surface area contributed by atoms with E-state index in [1.54, 1.807) is 0 Å². The summed E-state index contributed by atoms with van der Waals surface area (Å²) in [5.74, 6) is 0.614. The van der Waals surface area contributed by atoms with Gasteiger partial charge in [0.2, 0.25) is 0 Å². The first kappa shape index (κ1) is 19.4. The number of morpholine rings is 1. The number of carbonyl (C=O) groups is 1. The third-order valence-electron chi connectivity index (χ3n) is 5.01. The summed E-state index contributed by atoms with van der Waals surface area (Å²) in [6, 6.07) is 16.3. The third-order valence-corrected chi connectivity index (χ3v) is 5.01. The van der Waals surface area contributed by atoms with Crippen LogP contribution in [0.2, 0.25) is 0 Å². The van der Waals surface area contributed by atoms with E-state index in [0.29, 0.717) is 6.54 Å². The topological polar surface area (TPSA) is 50.8 Å². The van der Waals surface area contributed by atoms with Crippen LogP contribution >= 0.6 is 0 Å². The summed E-state index contributed by atoms with van der Waals surface area (Å²) in [6.07, 6.45) is 0. The van der Waals surface area contributed by atoms with Gasteiger partial charge in [0, 0.05) is 19.6 Å². The van der Waals surface area contributed by atoms with Gasteiger partial charge in [0.25, 0.3) is 5.91 Å². The van der Waals surface area contributed by atoms with Gasteiger partial charge in [-0.15, -0.1) is 0 Å². The lowest BCUT2D eigenvalue weighted by Crippen LogP contribution is -2.44. The maximum Gasteiger partial charge on any atom is 0.258 e. The second kappa shape index (κ2) is 9.53. The van der Waals surface area contributed by atoms with E-state index >= 15 is 0 Å². The Bertz CT molecular complexity index is 742. The molecule has 2 aromatic rings. The van der Waals surface area contributed by atoms with E-state index in [9.17, 15) is 4.79 Å². The minimum absolute atomic E-state index is 0.0210. The van der Waals surface area contributed by atoms with Gasteiger partial charge in [0.1, 0.15) is 5.75 Å². The number of amides is 1. The molecule has 144 valence electrons. The quantitative estimate of drug-likeness (QED) is 0.817. The molecule has 5 nitrogen and oxygen atoms in total. The maximum absolute atomic E-state index is 12.3. The molecule has 2 aromatic carbocycles. The summed E-state index contributed by atoms with van der Waals surface area (Å²) in [4.78, 5) is 14.7. The van der Waals surface area contributed by atoms with Gasteiger partial charge in [-0.1, -0.05) is 36.4 Å². The summed E-state index contributed by atoms with van der Waals surface area (Å²) < 4.78 is 11.1. The zero-order valence-electron chi connectivity index (χ0n) is 16.1.